The summed E-state index contributed by atoms with van der Waals surface area (Å²) in [7, 11) is 0. The van der Waals surface area contributed by atoms with E-state index in [1.165, 1.54) is 0 Å². The molecule has 0 saturated heterocycles. The summed E-state index contributed by atoms with van der Waals surface area (Å²) in [6, 6.07) is 12.9. The largest absolute Gasteiger partial charge is 0.488 e. The molecule has 0 heterocycles. The van der Waals surface area contributed by atoms with Crippen molar-refractivity contribution in [2.75, 3.05) is 0 Å². The first-order valence-electron chi connectivity index (χ1n) is 5.57. The summed E-state index contributed by atoms with van der Waals surface area (Å²) in [6.07, 6.45) is 0. The van der Waals surface area contributed by atoms with E-state index in [2.05, 4.69) is 15.9 Å². The van der Waals surface area contributed by atoms with Crippen LogP contribution in [0.25, 0.3) is 0 Å². The third-order valence-corrected chi connectivity index (χ3v) is 3.24. The maximum Gasteiger partial charge on any atom is 0.130 e. The number of halogens is 2. The van der Waals surface area contributed by atoms with Crippen molar-refractivity contribution < 1.29 is 4.74 Å². The standard InChI is InChI=1S/C14H12BrClN2O/c15-10-3-1-2-9(6-10)8-19-13-5-4-11(16)7-12(13)14(17)18/h1-7H,8H2,(H3,17,18). The molecule has 0 amide bonds. The molecule has 0 unspecified atom stereocenters. The molecule has 0 aromatic heterocycles. The molecule has 0 saturated carbocycles. The first kappa shape index (κ1) is 13.9. The zero-order valence-electron chi connectivity index (χ0n) is 9.99. The predicted molar refractivity (Wildman–Crippen MR) is 80.9 cm³/mol. The van der Waals surface area contributed by atoms with Crippen LogP contribution in [0.4, 0.5) is 0 Å². The Balaban J connectivity index is 2.17. The van der Waals surface area contributed by atoms with Gasteiger partial charge in [0.15, 0.2) is 0 Å². The molecule has 0 radical (unpaired) electrons. The maximum absolute atomic E-state index is 7.52. The molecule has 0 aliphatic heterocycles. The first-order valence-corrected chi connectivity index (χ1v) is 6.74. The number of nitrogen functional groups attached to an aromatic ring is 1. The fraction of sp³-hybridized carbons (Fsp3) is 0.0714. The third kappa shape index (κ3) is 3.72. The van der Waals surface area contributed by atoms with Gasteiger partial charge in [-0.3, -0.25) is 5.41 Å². The number of hydrogen-bond donors (Lipinski definition) is 2. The quantitative estimate of drug-likeness (QED) is 0.654. The molecule has 3 nitrogen and oxygen atoms in total. The molecule has 0 fully saturated rings. The van der Waals surface area contributed by atoms with Gasteiger partial charge in [-0.1, -0.05) is 39.7 Å². The van der Waals surface area contributed by atoms with E-state index < -0.39 is 0 Å². The Morgan fingerprint density at radius 1 is 1.26 bits per heavy atom. The Hall–Kier alpha value is -1.52. The molecule has 98 valence electrons. The Bertz CT molecular complexity index is 616. The van der Waals surface area contributed by atoms with E-state index in [0.717, 1.165) is 10.0 Å². The van der Waals surface area contributed by atoms with Gasteiger partial charge in [-0.05, 0) is 35.9 Å². The highest BCUT2D eigenvalue weighted by Gasteiger charge is 2.08. The lowest BCUT2D eigenvalue weighted by atomic mass is 10.2. The van der Waals surface area contributed by atoms with Gasteiger partial charge >= 0.3 is 0 Å². The average Bonchev–Trinajstić information content (AvgIpc) is 2.37. The van der Waals surface area contributed by atoms with Crippen LogP contribution in [0.2, 0.25) is 5.02 Å². The summed E-state index contributed by atoms with van der Waals surface area (Å²) >= 11 is 9.29. The van der Waals surface area contributed by atoms with E-state index in [-0.39, 0.29) is 5.84 Å². The van der Waals surface area contributed by atoms with Crippen molar-refractivity contribution in [3.63, 3.8) is 0 Å². The SMILES string of the molecule is N=C(N)c1cc(Cl)ccc1OCc1cccc(Br)c1. The zero-order chi connectivity index (χ0) is 13.8. The van der Waals surface area contributed by atoms with E-state index in [4.69, 9.17) is 27.5 Å². The van der Waals surface area contributed by atoms with E-state index in [9.17, 15) is 0 Å². The van der Waals surface area contributed by atoms with Crippen LogP contribution in [0.1, 0.15) is 11.1 Å². The molecule has 2 rings (SSSR count). The molecule has 0 bridgehead atoms. The van der Waals surface area contributed by atoms with E-state index in [1.807, 2.05) is 24.3 Å². The van der Waals surface area contributed by atoms with Gasteiger partial charge in [0.1, 0.15) is 18.2 Å². The normalized spacial score (nSPS) is 10.2. The minimum absolute atomic E-state index is 0.0632. The second kappa shape index (κ2) is 6.08. The number of rotatable bonds is 4. The first-order chi connectivity index (χ1) is 9.06. The second-order valence-corrected chi connectivity index (χ2v) is 5.32. The smallest absolute Gasteiger partial charge is 0.130 e. The minimum atomic E-state index is -0.0632. The number of benzene rings is 2. The molecule has 2 aromatic rings. The second-order valence-electron chi connectivity index (χ2n) is 3.97. The van der Waals surface area contributed by atoms with Crippen molar-refractivity contribution in [1.82, 2.24) is 0 Å². The van der Waals surface area contributed by atoms with Crippen molar-refractivity contribution in [1.29, 1.82) is 5.41 Å². The van der Waals surface area contributed by atoms with Crippen molar-refractivity contribution in [2.45, 2.75) is 6.61 Å². The monoisotopic (exact) mass is 338 g/mol. The number of amidine groups is 1. The van der Waals surface area contributed by atoms with Crippen LogP contribution in [0.5, 0.6) is 5.75 Å². The molecule has 3 N–H and O–H groups in total. The summed E-state index contributed by atoms with van der Waals surface area (Å²) in [5.74, 6) is 0.489. The van der Waals surface area contributed by atoms with Crippen LogP contribution in [-0.4, -0.2) is 5.84 Å². The lowest BCUT2D eigenvalue weighted by Gasteiger charge is -2.11. The average molecular weight is 340 g/mol. The Labute approximate surface area is 125 Å². The highest BCUT2D eigenvalue weighted by atomic mass is 79.9. The van der Waals surface area contributed by atoms with Gasteiger partial charge in [0.25, 0.3) is 0 Å². The summed E-state index contributed by atoms with van der Waals surface area (Å²) < 4.78 is 6.69. The van der Waals surface area contributed by atoms with Gasteiger partial charge < -0.3 is 10.5 Å². The zero-order valence-corrected chi connectivity index (χ0v) is 12.3. The molecule has 0 spiro atoms. The predicted octanol–water partition coefficient (Wildman–Crippen LogP) is 3.97. The van der Waals surface area contributed by atoms with Crippen LogP contribution < -0.4 is 10.5 Å². The van der Waals surface area contributed by atoms with Gasteiger partial charge in [0.2, 0.25) is 0 Å². The topological polar surface area (TPSA) is 59.1 Å². The lowest BCUT2D eigenvalue weighted by molar-refractivity contribution is 0.305. The molecular weight excluding hydrogens is 328 g/mol. The Kier molecular flexibility index (Phi) is 4.45. The molecule has 0 aliphatic rings. The third-order valence-electron chi connectivity index (χ3n) is 2.52. The summed E-state index contributed by atoms with van der Waals surface area (Å²) in [5, 5.41) is 8.05. The number of ether oxygens (including phenoxy) is 1. The van der Waals surface area contributed by atoms with Crippen LogP contribution in [0.3, 0.4) is 0 Å². The fourth-order valence-corrected chi connectivity index (χ4v) is 2.25. The van der Waals surface area contributed by atoms with Gasteiger partial charge in [0, 0.05) is 9.50 Å². The number of nitrogens with one attached hydrogen (secondary N) is 1. The van der Waals surface area contributed by atoms with Gasteiger partial charge in [-0.25, -0.2) is 0 Å². The van der Waals surface area contributed by atoms with Crippen molar-refractivity contribution >= 4 is 33.4 Å². The summed E-state index contributed by atoms with van der Waals surface area (Å²) in [6.45, 7) is 0.404. The van der Waals surface area contributed by atoms with E-state index in [1.54, 1.807) is 18.2 Å². The van der Waals surface area contributed by atoms with E-state index in [0.29, 0.717) is 22.9 Å². The Morgan fingerprint density at radius 2 is 2.05 bits per heavy atom. The minimum Gasteiger partial charge on any atom is -0.488 e. The van der Waals surface area contributed by atoms with Gasteiger partial charge in [-0.2, -0.15) is 0 Å². The van der Waals surface area contributed by atoms with Crippen molar-refractivity contribution in [3.8, 4) is 5.75 Å². The maximum atomic E-state index is 7.52. The van der Waals surface area contributed by atoms with Crippen molar-refractivity contribution in [3.05, 3.63) is 63.1 Å². The molecule has 2 aromatic carbocycles. The van der Waals surface area contributed by atoms with Gasteiger partial charge in [0.05, 0.1) is 5.56 Å². The van der Waals surface area contributed by atoms with Crippen LogP contribution in [0.15, 0.2) is 46.9 Å². The molecule has 0 aliphatic carbocycles. The fourth-order valence-electron chi connectivity index (χ4n) is 1.63. The number of nitrogens with two attached hydrogens (primary N) is 1. The molecule has 19 heavy (non-hydrogen) atoms. The van der Waals surface area contributed by atoms with Gasteiger partial charge in [-0.15, -0.1) is 0 Å². The summed E-state index contributed by atoms with van der Waals surface area (Å²) in [5.41, 5.74) is 7.04. The molecule has 5 heteroatoms. The Morgan fingerprint density at radius 3 is 2.74 bits per heavy atom. The summed E-state index contributed by atoms with van der Waals surface area (Å²) in [4.78, 5) is 0. The van der Waals surface area contributed by atoms with Crippen LogP contribution >= 0.6 is 27.5 Å². The highest BCUT2D eigenvalue weighted by Crippen LogP contribution is 2.23. The number of hydrogen-bond acceptors (Lipinski definition) is 2. The lowest BCUT2D eigenvalue weighted by Crippen LogP contribution is -2.13. The van der Waals surface area contributed by atoms with Crippen LogP contribution in [0, 0.1) is 5.41 Å². The van der Waals surface area contributed by atoms with E-state index >= 15 is 0 Å². The van der Waals surface area contributed by atoms with Crippen molar-refractivity contribution in [2.24, 2.45) is 5.73 Å². The molecule has 0 atom stereocenters. The van der Waals surface area contributed by atoms with Crippen LogP contribution in [-0.2, 0) is 6.61 Å². The highest BCUT2D eigenvalue weighted by molar-refractivity contribution is 9.10. The molecular formula is C14H12BrClN2O.